The number of imidazole rings is 1. The molecular formula is C11H14N4. The van der Waals surface area contributed by atoms with Crippen molar-refractivity contribution in [3.63, 3.8) is 0 Å². The highest BCUT2D eigenvalue weighted by molar-refractivity contribution is 5.57. The Morgan fingerprint density at radius 1 is 1.40 bits per heavy atom. The predicted octanol–water partition coefficient (Wildman–Crippen LogP) is 1.29. The fraction of sp³-hybridized carbons (Fsp3) is 0.273. The summed E-state index contributed by atoms with van der Waals surface area (Å²) in [4.78, 5) is 8.22. The Labute approximate surface area is 88.8 Å². The maximum atomic E-state index is 5.77. The van der Waals surface area contributed by atoms with E-state index in [0.717, 1.165) is 17.8 Å². The van der Waals surface area contributed by atoms with E-state index in [9.17, 15) is 0 Å². The molecule has 2 heterocycles. The quantitative estimate of drug-likeness (QED) is 0.816. The van der Waals surface area contributed by atoms with Gasteiger partial charge in [0.25, 0.3) is 0 Å². The van der Waals surface area contributed by atoms with Crippen LogP contribution in [0, 0.1) is 0 Å². The van der Waals surface area contributed by atoms with E-state index < -0.39 is 0 Å². The van der Waals surface area contributed by atoms with Crippen LogP contribution in [0.3, 0.4) is 0 Å². The van der Waals surface area contributed by atoms with Gasteiger partial charge in [0.1, 0.15) is 0 Å². The van der Waals surface area contributed by atoms with Gasteiger partial charge >= 0.3 is 0 Å². The molecule has 2 N–H and O–H groups in total. The van der Waals surface area contributed by atoms with E-state index in [1.54, 1.807) is 12.5 Å². The minimum absolute atomic E-state index is 0.120. The third-order valence-electron chi connectivity index (χ3n) is 2.15. The third-order valence-corrected chi connectivity index (χ3v) is 2.15. The molecule has 1 unspecified atom stereocenters. The van der Waals surface area contributed by atoms with Gasteiger partial charge in [0.05, 0.1) is 18.2 Å². The fourth-order valence-electron chi connectivity index (χ4n) is 1.53. The van der Waals surface area contributed by atoms with Gasteiger partial charge in [-0.1, -0.05) is 0 Å². The Morgan fingerprint density at radius 2 is 2.27 bits per heavy atom. The Morgan fingerprint density at radius 3 is 2.93 bits per heavy atom. The van der Waals surface area contributed by atoms with Crippen molar-refractivity contribution in [2.45, 2.75) is 19.5 Å². The molecule has 4 heteroatoms. The number of rotatable bonds is 3. The van der Waals surface area contributed by atoms with Crippen LogP contribution >= 0.6 is 0 Å². The molecule has 0 saturated carbocycles. The number of pyridine rings is 1. The maximum Gasteiger partial charge on any atom is 0.0951 e. The molecule has 0 amide bonds. The van der Waals surface area contributed by atoms with Crippen LogP contribution in [0.5, 0.6) is 0 Å². The average molecular weight is 202 g/mol. The number of hydrogen-bond acceptors (Lipinski definition) is 3. The topological polar surface area (TPSA) is 56.7 Å². The van der Waals surface area contributed by atoms with Crippen molar-refractivity contribution in [3.8, 4) is 11.3 Å². The summed E-state index contributed by atoms with van der Waals surface area (Å²) in [5.41, 5.74) is 7.89. The molecule has 4 nitrogen and oxygen atoms in total. The van der Waals surface area contributed by atoms with E-state index in [4.69, 9.17) is 5.73 Å². The van der Waals surface area contributed by atoms with Gasteiger partial charge in [-0.25, -0.2) is 4.98 Å². The van der Waals surface area contributed by atoms with Crippen LogP contribution in [0.15, 0.2) is 37.1 Å². The molecule has 0 spiro atoms. The average Bonchev–Trinajstić information content (AvgIpc) is 2.66. The van der Waals surface area contributed by atoms with Crippen molar-refractivity contribution in [1.29, 1.82) is 0 Å². The van der Waals surface area contributed by atoms with E-state index in [1.807, 2.05) is 36.0 Å². The van der Waals surface area contributed by atoms with Gasteiger partial charge in [-0.2, -0.15) is 0 Å². The third kappa shape index (κ3) is 2.22. The standard InChI is InChI=1S/C11H14N4/c1-9(12)7-15-8-14-6-11(15)10-3-2-4-13-5-10/h2-6,8-9H,7,12H2,1H3. The first-order valence-electron chi connectivity index (χ1n) is 4.93. The van der Waals surface area contributed by atoms with Gasteiger partial charge in [0.2, 0.25) is 0 Å². The Kier molecular flexibility index (Phi) is 2.78. The van der Waals surface area contributed by atoms with Crippen molar-refractivity contribution in [2.24, 2.45) is 5.73 Å². The first kappa shape index (κ1) is 9.86. The molecule has 0 aromatic carbocycles. The highest BCUT2D eigenvalue weighted by atomic mass is 15.1. The smallest absolute Gasteiger partial charge is 0.0951 e. The van der Waals surface area contributed by atoms with E-state index in [2.05, 4.69) is 9.97 Å². The predicted molar refractivity (Wildman–Crippen MR) is 59.1 cm³/mol. The van der Waals surface area contributed by atoms with Gasteiger partial charge in [0.15, 0.2) is 0 Å². The molecular weight excluding hydrogens is 188 g/mol. The summed E-state index contributed by atoms with van der Waals surface area (Å²) in [5, 5.41) is 0. The monoisotopic (exact) mass is 202 g/mol. The van der Waals surface area contributed by atoms with E-state index in [0.29, 0.717) is 0 Å². The summed E-state index contributed by atoms with van der Waals surface area (Å²) in [6.45, 7) is 2.75. The van der Waals surface area contributed by atoms with Crippen molar-refractivity contribution in [1.82, 2.24) is 14.5 Å². The van der Waals surface area contributed by atoms with Crippen LogP contribution in [-0.4, -0.2) is 20.6 Å². The van der Waals surface area contributed by atoms with Gasteiger partial charge in [0, 0.05) is 30.5 Å². The van der Waals surface area contributed by atoms with E-state index >= 15 is 0 Å². The van der Waals surface area contributed by atoms with Crippen LogP contribution in [0.25, 0.3) is 11.3 Å². The van der Waals surface area contributed by atoms with Crippen LogP contribution in [0.4, 0.5) is 0 Å². The molecule has 2 aromatic rings. The molecule has 0 fully saturated rings. The van der Waals surface area contributed by atoms with Crippen LogP contribution in [0.2, 0.25) is 0 Å². The van der Waals surface area contributed by atoms with Crippen molar-refractivity contribution < 1.29 is 0 Å². The van der Waals surface area contributed by atoms with Gasteiger partial charge < -0.3 is 10.3 Å². The summed E-state index contributed by atoms with van der Waals surface area (Å²) in [6.07, 6.45) is 7.22. The number of hydrogen-bond donors (Lipinski definition) is 1. The number of aromatic nitrogens is 3. The Hall–Kier alpha value is -1.68. The lowest BCUT2D eigenvalue weighted by molar-refractivity contribution is 0.593. The number of nitrogens with two attached hydrogens (primary N) is 1. The zero-order valence-electron chi connectivity index (χ0n) is 8.67. The normalized spacial score (nSPS) is 12.7. The van der Waals surface area contributed by atoms with Crippen LogP contribution in [0.1, 0.15) is 6.92 Å². The summed E-state index contributed by atoms with van der Waals surface area (Å²) < 4.78 is 2.04. The highest BCUT2D eigenvalue weighted by Crippen LogP contribution is 2.17. The molecule has 0 aliphatic heterocycles. The van der Waals surface area contributed by atoms with Crippen molar-refractivity contribution >= 4 is 0 Å². The molecule has 0 aliphatic rings. The fourth-order valence-corrected chi connectivity index (χ4v) is 1.53. The first-order valence-corrected chi connectivity index (χ1v) is 4.93. The lowest BCUT2D eigenvalue weighted by Crippen LogP contribution is -2.22. The second-order valence-corrected chi connectivity index (χ2v) is 3.65. The summed E-state index contributed by atoms with van der Waals surface area (Å²) >= 11 is 0. The maximum absolute atomic E-state index is 5.77. The van der Waals surface area contributed by atoms with E-state index in [1.165, 1.54) is 0 Å². The summed E-state index contributed by atoms with van der Waals surface area (Å²) in [5.74, 6) is 0. The molecule has 1 atom stereocenters. The molecule has 78 valence electrons. The van der Waals surface area contributed by atoms with Crippen molar-refractivity contribution in [3.05, 3.63) is 37.1 Å². The summed E-state index contributed by atoms with van der Waals surface area (Å²) in [7, 11) is 0. The molecule has 0 aliphatic carbocycles. The number of nitrogens with zero attached hydrogens (tertiary/aromatic N) is 3. The zero-order chi connectivity index (χ0) is 10.7. The zero-order valence-corrected chi connectivity index (χ0v) is 8.67. The molecule has 15 heavy (non-hydrogen) atoms. The largest absolute Gasteiger partial charge is 0.329 e. The SMILES string of the molecule is CC(N)Cn1cncc1-c1cccnc1. The molecule has 0 bridgehead atoms. The second kappa shape index (κ2) is 4.23. The lowest BCUT2D eigenvalue weighted by Gasteiger charge is -2.10. The second-order valence-electron chi connectivity index (χ2n) is 3.65. The lowest BCUT2D eigenvalue weighted by atomic mass is 10.2. The molecule has 0 saturated heterocycles. The molecule has 0 radical (unpaired) electrons. The molecule has 2 aromatic heterocycles. The van der Waals surface area contributed by atoms with E-state index in [-0.39, 0.29) is 6.04 Å². The van der Waals surface area contributed by atoms with Crippen molar-refractivity contribution in [2.75, 3.05) is 0 Å². The van der Waals surface area contributed by atoms with Crippen LogP contribution in [-0.2, 0) is 6.54 Å². The Balaban J connectivity index is 2.33. The van der Waals surface area contributed by atoms with Gasteiger partial charge in [-0.3, -0.25) is 4.98 Å². The van der Waals surface area contributed by atoms with Crippen LogP contribution < -0.4 is 5.73 Å². The van der Waals surface area contributed by atoms with Gasteiger partial charge in [-0.15, -0.1) is 0 Å². The molecule has 2 rings (SSSR count). The minimum atomic E-state index is 0.120. The summed E-state index contributed by atoms with van der Waals surface area (Å²) in [6, 6.07) is 4.05. The van der Waals surface area contributed by atoms with Gasteiger partial charge in [-0.05, 0) is 19.1 Å². The minimum Gasteiger partial charge on any atom is -0.329 e. The first-order chi connectivity index (χ1) is 7.27. The Bertz CT molecular complexity index is 419. The highest BCUT2D eigenvalue weighted by Gasteiger charge is 2.05.